The molecule has 0 fully saturated rings. The highest BCUT2D eigenvalue weighted by Gasteiger charge is 2.13. The van der Waals surface area contributed by atoms with Crippen LogP contribution in [0.25, 0.3) is 0 Å². The molecule has 0 saturated heterocycles. The highest BCUT2D eigenvalue weighted by molar-refractivity contribution is 5.56. The van der Waals surface area contributed by atoms with Crippen LogP contribution in [-0.2, 0) is 0 Å². The fourth-order valence-corrected chi connectivity index (χ4v) is 1.98. The second-order valence-corrected chi connectivity index (χ2v) is 4.84. The first-order valence-corrected chi connectivity index (χ1v) is 6.70. The van der Waals surface area contributed by atoms with Crippen molar-refractivity contribution in [1.82, 2.24) is 0 Å². The van der Waals surface area contributed by atoms with Crippen molar-refractivity contribution >= 4 is 5.69 Å². The minimum Gasteiger partial charge on any atom is -0.494 e. The number of halogens is 1. The van der Waals surface area contributed by atoms with E-state index in [1.807, 2.05) is 0 Å². The first-order chi connectivity index (χ1) is 8.60. The van der Waals surface area contributed by atoms with Crippen LogP contribution >= 0.6 is 0 Å². The van der Waals surface area contributed by atoms with Gasteiger partial charge in [0.2, 0.25) is 0 Å². The Morgan fingerprint density at radius 3 is 2.56 bits per heavy atom. The van der Waals surface area contributed by atoms with Gasteiger partial charge >= 0.3 is 0 Å². The van der Waals surface area contributed by atoms with Gasteiger partial charge in [0.15, 0.2) is 0 Å². The number of hydrogen-bond donors (Lipinski definition) is 1. The number of nitrogens with one attached hydrogen (secondary N) is 1. The molecule has 0 amide bonds. The number of methoxy groups -OCH3 is 1. The monoisotopic (exact) mass is 253 g/mol. The number of benzene rings is 1. The van der Waals surface area contributed by atoms with E-state index in [-0.39, 0.29) is 5.82 Å². The predicted octanol–water partition coefficient (Wildman–Crippen LogP) is 4.46. The third kappa shape index (κ3) is 4.21. The molecular formula is C15H24FNO. The van der Waals surface area contributed by atoms with Crippen molar-refractivity contribution in [2.24, 2.45) is 5.92 Å². The Labute approximate surface area is 110 Å². The van der Waals surface area contributed by atoms with Gasteiger partial charge in [0, 0.05) is 12.1 Å². The Bertz CT molecular complexity index is 368. The maximum atomic E-state index is 13.1. The molecular weight excluding hydrogens is 229 g/mol. The third-order valence-corrected chi connectivity index (χ3v) is 3.40. The summed E-state index contributed by atoms with van der Waals surface area (Å²) < 4.78 is 18.3. The van der Waals surface area contributed by atoms with Gasteiger partial charge in [-0.3, -0.25) is 0 Å². The number of hydrogen-bond acceptors (Lipinski definition) is 2. The number of rotatable bonds is 7. The van der Waals surface area contributed by atoms with Gasteiger partial charge in [-0.05, 0) is 30.9 Å². The summed E-state index contributed by atoms with van der Waals surface area (Å²) >= 11 is 0. The van der Waals surface area contributed by atoms with E-state index in [1.54, 1.807) is 13.2 Å². The Hall–Kier alpha value is -1.25. The average Bonchev–Trinajstić information content (AvgIpc) is 2.39. The van der Waals surface area contributed by atoms with E-state index < -0.39 is 0 Å². The largest absolute Gasteiger partial charge is 0.494 e. The smallest absolute Gasteiger partial charge is 0.144 e. The average molecular weight is 253 g/mol. The Kier molecular flexibility index (Phi) is 5.96. The molecule has 0 aliphatic carbocycles. The lowest BCUT2D eigenvalue weighted by molar-refractivity contribution is 0.410. The van der Waals surface area contributed by atoms with Crippen molar-refractivity contribution in [3.05, 3.63) is 24.0 Å². The van der Waals surface area contributed by atoms with Gasteiger partial charge < -0.3 is 10.1 Å². The molecule has 1 rings (SSSR count). The van der Waals surface area contributed by atoms with Crippen LogP contribution < -0.4 is 10.1 Å². The maximum absolute atomic E-state index is 13.1. The second kappa shape index (κ2) is 7.24. The quantitative estimate of drug-likeness (QED) is 0.774. The summed E-state index contributed by atoms with van der Waals surface area (Å²) in [5, 5.41) is 3.45. The highest BCUT2D eigenvalue weighted by atomic mass is 19.1. The summed E-state index contributed by atoms with van der Waals surface area (Å²) in [6.45, 7) is 6.62. The predicted molar refractivity (Wildman–Crippen MR) is 74.7 cm³/mol. The van der Waals surface area contributed by atoms with E-state index in [0.29, 0.717) is 17.7 Å². The lowest BCUT2D eigenvalue weighted by Gasteiger charge is -2.22. The van der Waals surface area contributed by atoms with Crippen LogP contribution in [0.5, 0.6) is 5.75 Å². The zero-order chi connectivity index (χ0) is 13.5. The molecule has 0 heterocycles. The van der Waals surface area contributed by atoms with Crippen molar-refractivity contribution in [3.63, 3.8) is 0 Å². The molecule has 0 aliphatic rings. The first-order valence-electron chi connectivity index (χ1n) is 6.70. The highest BCUT2D eigenvalue weighted by Crippen LogP contribution is 2.27. The fraction of sp³-hybridized carbons (Fsp3) is 0.600. The van der Waals surface area contributed by atoms with Crippen LogP contribution in [0.4, 0.5) is 10.1 Å². The molecule has 1 N–H and O–H groups in total. The summed E-state index contributed by atoms with van der Waals surface area (Å²) in [4.78, 5) is 0. The van der Waals surface area contributed by atoms with E-state index in [2.05, 4.69) is 26.1 Å². The van der Waals surface area contributed by atoms with Crippen molar-refractivity contribution in [3.8, 4) is 5.75 Å². The standard InChI is InChI=1S/C15H24FNO/c1-5-11(3)9-13(6-2)17-14-8-7-12(16)10-15(14)18-4/h7-8,10-11,13,17H,5-6,9H2,1-4H3. The van der Waals surface area contributed by atoms with Crippen molar-refractivity contribution in [2.75, 3.05) is 12.4 Å². The molecule has 0 spiro atoms. The molecule has 3 heteroatoms. The van der Waals surface area contributed by atoms with E-state index >= 15 is 0 Å². The lowest BCUT2D eigenvalue weighted by Crippen LogP contribution is -2.21. The minimum absolute atomic E-state index is 0.271. The van der Waals surface area contributed by atoms with Gasteiger partial charge in [-0.1, -0.05) is 27.2 Å². The maximum Gasteiger partial charge on any atom is 0.144 e. The Morgan fingerprint density at radius 2 is 2.00 bits per heavy atom. The molecule has 0 aromatic heterocycles. The zero-order valence-electron chi connectivity index (χ0n) is 11.8. The van der Waals surface area contributed by atoms with Crippen LogP contribution in [0.2, 0.25) is 0 Å². The fourth-order valence-electron chi connectivity index (χ4n) is 1.98. The van der Waals surface area contributed by atoms with Gasteiger partial charge in [-0.2, -0.15) is 0 Å². The van der Waals surface area contributed by atoms with Crippen molar-refractivity contribution in [2.45, 2.75) is 46.1 Å². The topological polar surface area (TPSA) is 21.3 Å². The molecule has 0 saturated carbocycles. The summed E-state index contributed by atoms with van der Waals surface area (Å²) in [6.07, 6.45) is 3.34. The SMILES string of the molecule is CCC(C)CC(CC)Nc1ccc(F)cc1OC. The van der Waals surface area contributed by atoms with Gasteiger partial charge in [-0.15, -0.1) is 0 Å². The second-order valence-electron chi connectivity index (χ2n) is 4.84. The molecule has 2 atom stereocenters. The van der Waals surface area contributed by atoms with Crippen LogP contribution in [0.1, 0.15) is 40.0 Å². The van der Waals surface area contributed by atoms with Crippen LogP contribution in [0, 0.1) is 11.7 Å². The molecule has 102 valence electrons. The Morgan fingerprint density at radius 1 is 1.28 bits per heavy atom. The molecule has 2 nitrogen and oxygen atoms in total. The third-order valence-electron chi connectivity index (χ3n) is 3.40. The molecule has 1 aromatic rings. The summed E-state index contributed by atoms with van der Waals surface area (Å²) in [5.41, 5.74) is 0.869. The number of anilines is 1. The zero-order valence-corrected chi connectivity index (χ0v) is 11.8. The van der Waals surface area contributed by atoms with Crippen LogP contribution in [0.15, 0.2) is 18.2 Å². The van der Waals surface area contributed by atoms with E-state index in [1.165, 1.54) is 18.6 Å². The summed E-state index contributed by atoms with van der Waals surface area (Å²) in [6, 6.07) is 5.02. The summed E-state index contributed by atoms with van der Waals surface area (Å²) in [7, 11) is 1.57. The Balaban J connectivity index is 2.75. The van der Waals surface area contributed by atoms with Gasteiger partial charge in [-0.25, -0.2) is 4.39 Å². The van der Waals surface area contributed by atoms with E-state index in [4.69, 9.17) is 4.74 Å². The molecule has 0 radical (unpaired) electrons. The first kappa shape index (κ1) is 14.8. The molecule has 1 aromatic carbocycles. The van der Waals surface area contributed by atoms with E-state index in [9.17, 15) is 4.39 Å². The number of ether oxygens (including phenoxy) is 1. The van der Waals surface area contributed by atoms with Crippen molar-refractivity contribution < 1.29 is 9.13 Å². The molecule has 0 bridgehead atoms. The van der Waals surface area contributed by atoms with Crippen LogP contribution in [-0.4, -0.2) is 13.2 Å². The minimum atomic E-state index is -0.271. The normalized spacial score (nSPS) is 14.1. The summed E-state index contributed by atoms with van der Waals surface area (Å²) in [5.74, 6) is 0.985. The van der Waals surface area contributed by atoms with Crippen molar-refractivity contribution in [1.29, 1.82) is 0 Å². The lowest BCUT2D eigenvalue weighted by atomic mass is 9.97. The van der Waals surface area contributed by atoms with E-state index in [0.717, 1.165) is 18.5 Å². The molecule has 2 unspecified atom stereocenters. The van der Waals surface area contributed by atoms with Gasteiger partial charge in [0.1, 0.15) is 11.6 Å². The molecule has 0 aliphatic heterocycles. The van der Waals surface area contributed by atoms with Gasteiger partial charge in [0.05, 0.1) is 12.8 Å². The molecule has 18 heavy (non-hydrogen) atoms. The van der Waals surface area contributed by atoms with Crippen LogP contribution in [0.3, 0.4) is 0 Å². The van der Waals surface area contributed by atoms with Gasteiger partial charge in [0.25, 0.3) is 0 Å².